The van der Waals surface area contributed by atoms with E-state index >= 15 is 0 Å². The third kappa shape index (κ3) is 3.50. The molecule has 0 aromatic heterocycles. The molecule has 5 heteroatoms. The van der Waals surface area contributed by atoms with Crippen molar-refractivity contribution in [3.63, 3.8) is 0 Å². The minimum absolute atomic E-state index is 0.236. The highest BCUT2D eigenvalue weighted by Gasteiger charge is 2.00. The molecule has 0 saturated heterocycles. The Balaban J connectivity index is 2.67. The van der Waals surface area contributed by atoms with E-state index in [2.05, 4.69) is 10.5 Å². The summed E-state index contributed by atoms with van der Waals surface area (Å²) in [6.07, 6.45) is -0.236. The monoisotopic (exact) mass is 219 g/mol. The van der Waals surface area contributed by atoms with Gasteiger partial charge < -0.3 is 0 Å². The summed E-state index contributed by atoms with van der Waals surface area (Å²) >= 11 is 0. The van der Waals surface area contributed by atoms with E-state index < -0.39 is 5.91 Å². The zero-order valence-electron chi connectivity index (χ0n) is 8.70. The quantitative estimate of drug-likeness (QED) is 0.619. The van der Waals surface area contributed by atoms with Crippen LogP contribution in [0, 0.1) is 17.1 Å². The standard InChI is InChI=1S/C11H10FN3O/c1-8(14-15-11(16)6-7-13)9-2-4-10(12)5-3-9/h2-5H,6H2,1H3,(H,15,16). The number of halogens is 1. The molecule has 0 atom stereocenters. The van der Waals surface area contributed by atoms with Crippen LogP contribution in [-0.4, -0.2) is 11.6 Å². The Morgan fingerprint density at radius 2 is 2.12 bits per heavy atom. The molecule has 16 heavy (non-hydrogen) atoms. The maximum Gasteiger partial charge on any atom is 0.254 e. The molecule has 4 nitrogen and oxygen atoms in total. The lowest BCUT2D eigenvalue weighted by Crippen LogP contribution is -2.18. The van der Waals surface area contributed by atoms with Crippen molar-refractivity contribution < 1.29 is 9.18 Å². The number of nitrogens with zero attached hydrogens (tertiary/aromatic N) is 2. The van der Waals surface area contributed by atoms with Gasteiger partial charge in [0.25, 0.3) is 5.91 Å². The minimum atomic E-state index is -0.469. The van der Waals surface area contributed by atoms with Crippen molar-refractivity contribution in [3.8, 4) is 6.07 Å². The van der Waals surface area contributed by atoms with Crippen molar-refractivity contribution in [1.29, 1.82) is 5.26 Å². The average molecular weight is 219 g/mol. The molecule has 0 spiro atoms. The molecule has 1 amide bonds. The van der Waals surface area contributed by atoms with Gasteiger partial charge in [0.15, 0.2) is 0 Å². The average Bonchev–Trinajstić information content (AvgIpc) is 2.27. The van der Waals surface area contributed by atoms with Crippen molar-refractivity contribution in [3.05, 3.63) is 35.6 Å². The van der Waals surface area contributed by atoms with E-state index in [9.17, 15) is 9.18 Å². The number of hydrazone groups is 1. The number of carbonyl (C=O) groups excluding carboxylic acids is 1. The van der Waals surface area contributed by atoms with Crippen LogP contribution in [0.5, 0.6) is 0 Å². The lowest BCUT2D eigenvalue weighted by Gasteiger charge is -2.00. The van der Waals surface area contributed by atoms with Crippen LogP contribution in [0.1, 0.15) is 18.9 Å². The molecule has 1 aromatic rings. The SMILES string of the molecule is CC(=NNC(=O)CC#N)c1ccc(F)cc1. The second-order valence-corrected chi connectivity index (χ2v) is 3.07. The van der Waals surface area contributed by atoms with Gasteiger partial charge in [0.05, 0.1) is 11.8 Å². The molecule has 0 radical (unpaired) electrons. The fraction of sp³-hybridized carbons (Fsp3) is 0.182. The second kappa shape index (κ2) is 5.61. The van der Waals surface area contributed by atoms with Crippen LogP contribution >= 0.6 is 0 Å². The van der Waals surface area contributed by atoms with Crippen molar-refractivity contribution in [1.82, 2.24) is 5.43 Å². The Morgan fingerprint density at radius 1 is 1.50 bits per heavy atom. The van der Waals surface area contributed by atoms with Crippen LogP contribution in [0.3, 0.4) is 0 Å². The number of benzene rings is 1. The molecule has 1 rings (SSSR count). The smallest absolute Gasteiger partial charge is 0.254 e. The van der Waals surface area contributed by atoms with Crippen LogP contribution in [0.2, 0.25) is 0 Å². The van der Waals surface area contributed by atoms with Crippen LogP contribution < -0.4 is 5.43 Å². The Hall–Kier alpha value is -2.22. The number of nitriles is 1. The molecule has 1 N–H and O–H groups in total. The molecule has 0 unspecified atom stereocenters. The van der Waals surface area contributed by atoms with E-state index in [1.165, 1.54) is 12.1 Å². The highest BCUT2D eigenvalue weighted by Crippen LogP contribution is 2.03. The number of hydrogen-bond donors (Lipinski definition) is 1. The molecular formula is C11H10FN3O. The summed E-state index contributed by atoms with van der Waals surface area (Å²) in [5.41, 5.74) is 3.48. The molecule has 0 bridgehead atoms. The third-order valence-corrected chi connectivity index (χ3v) is 1.85. The predicted molar refractivity (Wildman–Crippen MR) is 57.0 cm³/mol. The molecule has 0 aliphatic rings. The fourth-order valence-corrected chi connectivity index (χ4v) is 1.01. The zero-order valence-corrected chi connectivity index (χ0v) is 8.70. The Kier molecular flexibility index (Phi) is 4.16. The number of hydrogen-bond acceptors (Lipinski definition) is 3. The second-order valence-electron chi connectivity index (χ2n) is 3.07. The lowest BCUT2D eigenvalue weighted by molar-refractivity contribution is -0.120. The van der Waals surface area contributed by atoms with Crippen LogP contribution in [0.15, 0.2) is 29.4 Å². The lowest BCUT2D eigenvalue weighted by atomic mass is 10.1. The van der Waals surface area contributed by atoms with Gasteiger partial charge in [0.1, 0.15) is 12.2 Å². The molecule has 0 fully saturated rings. The summed E-state index contributed by atoms with van der Waals surface area (Å²) in [5.74, 6) is -0.797. The zero-order chi connectivity index (χ0) is 12.0. The third-order valence-electron chi connectivity index (χ3n) is 1.85. The first-order valence-electron chi connectivity index (χ1n) is 4.59. The number of carbonyl (C=O) groups is 1. The van der Waals surface area contributed by atoms with Gasteiger partial charge in [-0.1, -0.05) is 12.1 Å². The van der Waals surface area contributed by atoms with E-state index in [-0.39, 0.29) is 12.2 Å². The Bertz CT molecular complexity index is 445. The van der Waals surface area contributed by atoms with E-state index in [4.69, 9.17) is 5.26 Å². The van der Waals surface area contributed by atoms with Gasteiger partial charge in [-0.3, -0.25) is 4.79 Å². The van der Waals surface area contributed by atoms with Gasteiger partial charge in [-0.15, -0.1) is 0 Å². The Labute approximate surface area is 92.4 Å². The van der Waals surface area contributed by atoms with Gasteiger partial charge in [0, 0.05) is 0 Å². The fourth-order valence-electron chi connectivity index (χ4n) is 1.01. The topological polar surface area (TPSA) is 65.2 Å². The molecule has 82 valence electrons. The first-order chi connectivity index (χ1) is 7.63. The van der Waals surface area contributed by atoms with Crippen LogP contribution in [0.4, 0.5) is 4.39 Å². The van der Waals surface area contributed by atoms with Crippen molar-refractivity contribution in [2.45, 2.75) is 13.3 Å². The summed E-state index contributed by atoms with van der Waals surface area (Å²) < 4.78 is 12.6. The first-order valence-corrected chi connectivity index (χ1v) is 4.59. The van der Waals surface area contributed by atoms with Gasteiger partial charge in [-0.05, 0) is 24.6 Å². The molecule has 0 heterocycles. The van der Waals surface area contributed by atoms with Gasteiger partial charge in [-0.25, -0.2) is 9.82 Å². The van der Waals surface area contributed by atoms with Gasteiger partial charge in [0.2, 0.25) is 0 Å². The van der Waals surface area contributed by atoms with Gasteiger partial charge >= 0.3 is 0 Å². The largest absolute Gasteiger partial charge is 0.272 e. The highest BCUT2D eigenvalue weighted by atomic mass is 19.1. The van der Waals surface area contributed by atoms with Crippen molar-refractivity contribution >= 4 is 11.6 Å². The summed E-state index contributed by atoms with van der Waals surface area (Å²) in [6.45, 7) is 1.68. The number of amides is 1. The summed E-state index contributed by atoms with van der Waals surface area (Å²) in [6, 6.07) is 7.45. The van der Waals surface area contributed by atoms with Crippen LogP contribution in [-0.2, 0) is 4.79 Å². The predicted octanol–water partition coefficient (Wildman–Crippen LogP) is 1.58. The Morgan fingerprint density at radius 3 is 2.69 bits per heavy atom. The summed E-state index contributed by atoms with van der Waals surface area (Å²) in [7, 11) is 0. The molecule has 0 saturated carbocycles. The number of rotatable bonds is 3. The van der Waals surface area contributed by atoms with Crippen molar-refractivity contribution in [2.75, 3.05) is 0 Å². The summed E-state index contributed by atoms with van der Waals surface area (Å²) in [5, 5.41) is 12.0. The first kappa shape index (κ1) is 11.9. The summed E-state index contributed by atoms with van der Waals surface area (Å²) in [4.78, 5) is 10.9. The van der Waals surface area contributed by atoms with E-state index in [1.54, 1.807) is 25.1 Å². The minimum Gasteiger partial charge on any atom is -0.272 e. The molecule has 1 aromatic carbocycles. The normalized spacial score (nSPS) is 10.7. The van der Waals surface area contributed by atoms with E-state index in [1.807, 2.05) is 0 Å². The number of nitrogens with one attached hydrogen (secondary N) is 1. The maximum absolute atomic E-state index is 12.6. The molecule has 0 aliphatic carbocycles. The van der Waals surface area contributed by atoms with Crippen molar-refractivity contribution in [2.24, 2.45) is 5.10 Å². The van der Waals surface area contributed by atoms with Gasteiger partial charge in [-0.2, -0.15) is 10.4 Å². The van der Waals surface area contributed by atoms with Crippen LogP contribution in [0.25, 0.3) is 0 Å². The van der Waals surface area contributed by atoms with E-state index in [0.717, 1.165) is 0 Å². The maximum atomic E-state index is 12.6. The molecule has 0 aliphatic heterocycles. The molecular weight excluding hydrogens is 209 g/mol. The van der Waals surface area contributed by atoms with E-state index in [0.29, 0.717) is 11.3 Å². The highest BCUT2D eigenvalue weighted by molar-refractivity contribution is 5.99.